The molecule has 0 saturated carbocycles. The first-order valence-electron chi connectivity index (χ1n) is 7.38. The average molecular weight is 301 g/mol. The summed E-state index contributed by atoms with van der Waals surface area (Å²) in [6.07, 6.45) is 9.28. The number of nitrogens with zero attached hydrogens (tertiary/aromatic N) is 1. The van der Waals surface area contributed by atoms with E-state index in [0.29, 0.717) is 0 Å². The minimum absolute atomic E-state index is 0.754. The molecule has 1 rings (SSSR count). The Labute approximate surface area is 139 Å². The van der Waals surface area contributed by atoms with Crippen molar-refractivity contribution in [2.24, 2.45) is 4.99 Å². The Morgan fingerprint density at radius 3 is 2.35 bits per heavy atom. The van der Waals surface area contributed by atoms with Gasteiger partial charge in [0.05, 0.1) is 5.71 Å². The third-order valence-corrected chi connectivity index (χ3v) is 2.95. The van der Waals surface area contributed by atoms with E-state index in [9.17, 15) is 0 Å². The van der Waals surface area contributed by atoms with Gasteiger partial charge in [-0.15, -0.1) is 0 Å². The van der Waals surface area contributed by atoms with Crippen molar-refractivity contribution in [3.63, 3.8) is 0 Å². The van der Waals surface area contributed by atoms with E-state index in [1.165, 1.54) is 6.20 Å². The fourth-order valence-corrected chi connectivity index (χ4v) is 1.85. The van der Waals surface area contributed by atoms with E-state index in [4.69, 9.17) is 0 Å². The fraction of sp³-hybridized carbons (Fsp3) is 0.0455. The summed E-state index contributed by atoms with van der Waals surface area (Å²) in [5.74, 6) is 0. The van der Waals surface area contributed by atoms with Gasteiger partial charge in [0.1, 0.15) is 0 Å². The highest BCUT2D eigenvalue weighted by atomic mass is 14.7. The van der Waals surface area contributed by atoms with E-state index in [-0.39, 0.29) is 0 Å². The molecule has 0 spiro atoms. The van der Waals surface area contributed by atoms with Crippen LogP contribution in [0.3, 0.4) is 0 Å². The maximum Gasteiger partial charge on any atom is 0.0768 e. The van der Waals surface area contributed by atoms with Crippen LogP contribution in [-0.2, 0) is 0 Å². The molecule has 0 atom stereocenters. The van der Waals surface area contributed by atoms with E-state index in [1.807, 2.05) is 73.7 Å². The Kier molecular flexibility index (Phi) is 7.81. The molecular weight excluding hydrogens is 278 g/mol. The zero-order chi connectivity index (χ0) is 17.1. The Bertz CT molecular complexity index is 806. The summed E-state index contributed by atoms with van der Waals surface area (Å²) in [5.41, 5.74) is 2.46. The average Bonchev–Trinajstić information content (AvgIpc) is 2.53. The normalized spacial score (nSPS) is 11.4. The summed E-state index contributed by atoms with van der Waals surface area (Å²) in [4.78, 5) is 4.39. The maximum atomic E-state index is 4.39. The molecule has 0 saturated heterocycles. The van der Waals surface area contributed by atoms with Crippen LogP contribution in [0.2, 0.25) is 0 Å². The number of allylic oxidation sites excluding steroid dienone is 5. The molecule has 1 aromatic carbocycles. The molecule has 0 radical (unpaired) electrons. The van der Waals surface area contributed by atoms with Gasteiger partial charge in [-0.25, -0.2) is 0 Å². The molecule has 0 aliphatic heterocycles. The number of aliphatic imine (C=N–C) groups is 1. The summed E-state index contributed by atoms with van der Waals surface area (Å²) in [5, 5.41) is 1.78. The molecule has 0 fully saturated rings. The van der Waals surface area contributed by atoms with Crippen LogP contribution in [0.5, 0.6) is 0 Å². The smallest absolute Gasteiger partial charge is 0.0768 e. The topological polar surface area (TPSA) is 12.4 Å². The van der Waals surface area contributed by atoms with Gasteiger partial charge in [0.2, 0.25) is 0 Å². The van der Waals surface area contributed by atoms with E-state index >= 15 is 0 Å². The van der Waals surface area contributed by atoms with Gasteiger partial charge >= 0.3 is 0 Å². The Morgan fingerprint density at radius 1 is 1.00 bits per heavy atom. The first-order valence-corrected chi connectivity index (χ1v) is 7.38. The molecule has 1 aromatic rings. The molecule has 1 heteroatoms. The molecule has 0 aromatic heterocycles. The van der Waals surface area contributed by atoms with E-state index in [1.54, 1.807) is 0 Å². The minimum Gasteiger partial charge on any atom is -0.256 e. The summed E-state index contributed by atoms with van der Waals surface area (Å²) in [6, 6.07) is 13.6. The summed E-state index contributed by atoms with van der Waals surface area (Å²) >= 11 is 0. The lowest BCUT2D eigenvalue weighted by atomic mass is 10.0. The zero-order valence-corrected chi connectivity index (χ0v) is 13.7. The highest BCUT2D eigenvalue weighted by molar-refractivity contribution is 6.14. The summed E-state index contributed by atoms with van der Waals surface area (Å²) in [7, 11) is 0. The van der Waals surface area contributed by atoms with Crippen molar-refractivity contribution in [2.45, 2.75) is 6.92 Å². The van der Waals surface area contributed by atoms with Gasteiger partial charge in [0, 0.05) is 11.8 Å². The first-order chi connectivity index (χ1) is 11.1. The molecule has 0 aliphatic rings. The second kappa shape index (κ2) is 9.91. The van der Waals surface area contributed by atoms with Gasteiger partial charge in [-0.2, -0.15) is 0 Å². The predicted octanol–water partition coefficient (Wildman–Crippen LogP) is 4.25. The molecule has 0 heterocycles. The van der Waals surface area contributed by atoms with Gasteiger partial charge in [0.25, 0.3) is 0 Å². The Hall–Kier alpha value is -2.93. The van der Waals surface area contributed by atoms with Crippen LogP contribution in [0.1, 0.15) is 12.5 Å². The van der Waals surface area contributed by atoms with Crippen LogP contribution in [0.15, 0.2) is 96.7 Å². The third kappa shape index (κ3) is 6.58. The third-order valence-electron chi connectivity index (χ3n) is 2.95. The van der Waals surface area contributed by atoms with E-state index in [2.05, 4.69) is 31.3 Å². The van der Waals surface area contributed by atoms with E-state index in [0.717, 1.165) is 27.3 Å². The fourth-order valence-electron chi connectivity index (χ4n) is 1.85. The molecule has 1 nitrogen and oxygen atoms in total. The first kappa shape index (κ1) is 18.1. The molecule has 23 heavy (non-hydrogen) atoms. The van der Waals surface area contributed by atoms with Crippen molar-refractivity contribution in [1.29, 1.82) is 0 Å². The lowest BCUT2D eigenvalue weighted by molar-refractivity contribution is 1.51. The quantitative estimate of drug-likeness (QED) is 0.569. The van der Waals surface area contributed by atoms with Crippen molar-refractivity contribution in [3.8, 4) is 0 Å². The van der Waals surface area contributed by atoms with Crippen molar-refractivity contribution in [2.75, 3.05) is 0 Å². The van der Waals surface area contributed by atoms with Crippen LogP contribution in [0.4, 0.5) is 0 Å². The van der Waals surface area contributed by atoms with Gasteiger partial charge < -0.3 is 0 Å². The highest BCUT2D eigenvalue weighted by Crippen LogP contribution is 2.08. The molecule has 116 valence electrons. The Balaban J connectivity index is 3.54. The summed E-state index contributed by atoms with van der Waals surface area (Å²) in [6.45, 7) is 17.8. The highest BCUT2D eigenvalue weighted by Gasteiger charge is 2.03. The molecule has 0 aliphatic carbocycles. The lowest BCUT2D eigenvalue weighted by Gasteiger charge is -2.04. The number of rotatable bonds is 5. The summed E-state index contributed by atoms with van der Waals surface area (Å²) < 4.78 is 0. The zero-order valence-electron chi connectivity index (χ0n) is 13.7. The SMILES string of the molecule is C=CN=C(C(=C)/C=C\C=C/C)c1ccc(=C)ccccc(=C)c1. The molecule has 0 unspecified atom stereocenters. The van der Waals surface area contributed by atoms with Gasteiger partial charge in [-0.1, -0.05) is 87.0 Å². The van der Waals surface area contributed by atoms with Crippen molar-refractivity contribution >= 4 is 18.9 Å². The van der Waals surface area contributed by atoms with Crippen molar-refractivity contribution < 1.29 is 0 Å². The lowest BCUT2D eigenvalue weighted by Crippen LogP contribution is -2.06. The van der Waals surface area contributed by atoms with Gasteiger partial charge in [0.15, 0.2) is 0 Å². The largest absolute Gasteiger partial charge is 0.256 e. The standard InChI is InChI=1S/C22H23N/c1-6-8-9-14-20(5)22(23-7-2)21-16-15-18(3)12-10-11-13-19(4)17-21/h6-17H,2-5H2,1H3/b8-6-,12-10?,13-11?,14-9-,16-15?,21-17?,23-22?. The van der Waals surface area contributed by atoms with Crippen LogP contribution in [0.25, 0.3) is 13.2 Å². The second-order valence-corrected chi connectivity index (χ2v) is 4.87. The van der Waals surface area contributed by atoms with Crippen LogP contribution >= 0.6 is 0 Å². The van der Waals surface area contributed by atoms with Crippen molar-refractivity contribution in [1.82, 2.24) is 0 Å². The van der Waals surface area contributed by atoms with Crippen LogP contribution in [0, 0.1) is 0 Å². The number of hydrogen-bond acceptors (Lipinski definition) is 1. The maximum absolute atomic E-state index is 4.39. The molecule has 0 N–H and O–H groups in total. The van der Waals surface area contributed by atoms with E-state index < -0.39 is 0 Å². The monoisotopic (exact) mass is 301 g/mol. The van der Waals surface area contributed by atoms with Gasteiger partial charge in [-0.3, -0.25) is 4.99 Å². The molecule has 0 bridgehead atoms. The van der Waals surface area contributed by atoms with Gasteiger partial charge in [-0.05, 0) is 29.0 Å². The predicted molar refractivity (Wildman–Crippen MR) is 104 cm³/mol. The van der Waals surface area contributed by atoms with Crippen molar-refractivity contribution in [3.05, 3.63) is 108 Å². The molecule has 0 amide bonds. The van der Waals surface area contributed by atoms with Crippen LogP contribution < -0.4 is 10.4 Å². The number of hydrogen-bond donors (Lipinski definition) is 0. The Morgan fingerprint density at radius 2 is 1.70 bits per heavy atom. The minimum atomic E-state index is 0.754. The van der Waals surface area contributed by atoms with Crippen LogP contribution in [-0.4, -0.2) is 5.71 Å². The molecular formula is C22H23N. The second-order valence-electron chi connectivity index (χ2n) is 4.87.